The van der Waals surface area contributed by atoms with Gasteiger partial charge < -0.3 is 18.9 Å². The summed E-state index contributed by atoms with van der Waals surface area (Å²) in [6.45, 7) is 0.262. The van der Waals surface area contributed by atoms with Crippen LogP contribution in [0.1, 0.15) is 48.4 Å². The Bertz CT molecular complexity index is 1010. The van der Waals surface area contributed by atoms with Crippen molar-refractivity contribution in [3.05, 3.63) is 60.0 Å². The largest absolute Gasteiger partial charge is 0.497 e. The molecule has 0 radical (unpaired) electrons. The van der Waals surface area contributed by atoms with Crippen molar-refractivity contribution in [1.29, 1.82) is 0 Å². The van der Waals surface area contributed by atoms with Crippen LogP contribution in [0.15, 0.2) is 53.1 Å². The number of hydrogen-bond acceptors (Lipinski definition) is 6. The topological polar surface area (TPSA) is 77.7 Å². The van der Waals surface area contributed by atoms with Crippen LogP contribution in [0.5, 0.6) is 11.5 Å². The Balaban J connectivity index is 1.62. The van der Waals surface area contributed by atoms with Crippen molar-refractivity contribution in [2.45, 2.75) is 44.7 Å². The zero-order chi connectivity index (χ0) is 21.6. The van der Waals surface area contributed by atoms with Gasteiger partial charge in [0.25, 0.3) is 5.91 Å². The van der Waals surface area contributed by atoms with E-state index in [1.165, 1.54) is 6.42 Å². The summed E-state index contributed by atoms with van der Waals surface area (Å²) in [6, 6.07) is 15.0. The second kappa shape index (κ2) is 9.64. The van der Waals surface area contributed by atoms with Crippen LogP contribution in [0.25, 0.3) is 11.4 Å². The van der Waals surface area contributed by atoms with Crippen LogP contribution in [0.3, 0.4) is 0 Å². The Morgan fingerprint density at radius 3 is 2.55 bits per heavy atom. The molecule has 1 aromatic heterocycles. The average Bonchev–Trinajstić information content (AvgIpc) is 3.31. The Morgan fingerprint density at radius 2 is 1.84 bits per heavy atom. The van der Waals surface area contributed by atoms with Crippen molar-refractivity contribution in [2.75, 3.05) is 14.2 Å². The van der Waals surface area contributed by atoms with Crippen molar-refractivity contribution < 1.29 is 18.8 Å². The van der Waals surface area contributed by atoms with Crippen molar-refractivity contribution in [3.8, 4) is 22.9 Å². The third-order valence-electron chi connectivity index (χ3n) is 5.72. The second-order valence-electron chi connectivity index (χ2n) is 7.67. The smallest absolute Gasteiger partial charge is 0.258 e. The molecule has 7 nitrogen and oxygen atoms in total. The van der Waals surface area contributed by atoms with E-state index in [9.17, 15) is 4.79 Å². The van der Waals surface area contributed by atoms with E-state index in [0.717, 1.165) is 31.2 Å². The number of rotatable bonds is 7. The summed E-state index contributed by atoms with van der Waals surface area (Å²) in [6.07, 6.45) is 5.33. The lowest BCUT2D eigenvalue weighted by molar-refractivity contribution is 0.0582. The van der Waals surface area contributed by atoms with Crippen molar-refractivity contribution in [3.63, 3.8) is 0 Å². The van der Waals surface area contributed by atoms with Gasteiger partial charge in [-0.1, -0.05) is 54.8 Å². The molecule has 1 heterocycles. The van der Waals surface area contributed by atoms with Gasteiger partial charge in [0.1, 0.15) is 18.0 Å². The maximum absolute atomic E-state index is 13.6. The van der Waals surface area contributed by atoms with E-state index in [2.05, 4.69) is 10.1 Å². The molecule has 0 N–H and O–H groups in total. The van der Waals surface area contributed by atoms with Crippen molar-refractivity contribution >= 4 is 5.91 Å². The second-order valence-corrected chi connectivity index (χ2v) is 7.67. The monoisotopic (exact) mass is 421 g/mol. The van der Waals surface area contributed by atoms with E-state index >= 15 is 0 Å². The maximum atomic E-state index is 13.6. The van der Waals surface area contributed by atoms with Crippen LogP contribution in [0, 0.1) is 0 Å². The molecule has 0 spiro atoms. The molecule has 1 aliphatic rings. The van der Waals surface area contributed by atoms with Crippen LogP contribution in [-0.2, 0) is 6.54 Å². The molecule has 0 bridgehead atoms. The maximum Gasteiger partial charge on any atom is 0.258 e. The first-order chi connectivity index (χ1) is 15.2. The summed E-state index contributed by atoms with van der Waals surface area (Å²) < 4.78 is 16.3. The minimum atomic E-state index is -0.106. The van der Waals surface area contributed by atoms with Gasteiger partial charge in [-0.05, 0) is 25.0 Å². The molecule has 0 atom stereocenters. The van der Waals surface area contributed by atoms with E-state index in [1.807, 2.05) is 35.2 Å². The molecule has 162 valence electrons. The van der Waals surface area contributed by atoms with Gasteiger partial charge in [-0.2, -0.15) is 4.98 Å². The van der Waals surface area contributed by atoms with Crippen LogP contribution in [-0.4, -0.2) is 41.2 Å². The highest BCUT2D eigenvalue weighted by Crippen LogP contribution is 2.30. The highest BCUT2D eigenvalue weighted by molar-refractivity contribution is 5.97. The third-order valence-corrected chi connectivity index (χ3v) is 5.72. The summed E-state index contributed by atoms with van der Waals surface area (Å²) in [5.41, 5.74) is 1.38. The first-order valence-electron chi connectivity index (χ1n) is 10.6. The molecule has 1 aliphatic carbocycles. The number of benzene rings is 2. The highest BCUT2D eigenvalue weighted by Gasteiger charge is 2.30. The van der Waals surface area contributed by atoms with E-state index < -0.39 is 0 Å². The molecule has 0 unspecified atom stereocenters. The lowest BCUT2D eigenvalue weighted by Gasteiger charge is -2.33. The van der Waals surface area contributed by atoms with Crippen LogP contribution in [0.4, 0.5) is 0 Å². The number of ether oxygens (including phenoxy) is 2. The Morgan fingerprint density at radius 1 is 1.06 bits per heavy atom. The predicted molar refractivity (Wildman–Crippen MR) is 116 cm³/mol. The van der Waals surface area contributed by atoms with E-state index in [4.69, 9.17) is 14.0 Å². The third kappa shape index (κ3) is 4.71. The molecule has 2 aromatic carbocycles. The molecule has 3 aromatic rings. The minimum absolute atomic E-state index is 0.106. The number of hydrogen-bond donors (Lipinski definition) is 0. The fourth-order valence-corrected chi connectivity index (χ4v) is 4.06. The summed E-state index contributed by atoms with van der Waals surface area (Å²) in [7, 11) is 3.14. The molecular weight excluding hydrogens is 394 g/mol. The fraction of sp³-hybridized carbons (Fsp3) is 0.375. The van der Waals surface area contributed by atoms with E-state index in [-0.39, 0.29) is 18.5 Å². The van der Waals surface area contributed by atoms with Gasteiger partial charge in [0.05, 0.1) is 19.8 Å². The molecule has 4 rings (SSSR count). The molecule has 1 saturated carbocycles. The van der Waals surface area contributed by atoms with Crippen LogP contribution >= 0.6 is 0 Å². The molecule has 0 saturated heterocycles. The van der Waals surface area contributed by atoms with Crippen LogP contribution in [0.2, 0.25) is 0 Å². The number of methoxy groups -OCH3 is 2. The zero-order valence-electron chi connectivity index (χ0n) is 17.9. The van der Waals surface area contributed by atoms with Crippen molar-refractivity contribution in [1.82, 2.24) is 15.0 Å². The summed E-state index contributed by atoms with van der Waals surface area (Å²) in [4.78, 5) is 20.0. The van der Waals surface area contributed by atoms with Crippen LogP contribution < -0.4 is 9.47 Å². The summed E-state index contributed by atoms with van der Waals surface area (Å²) in [5.74, 6) is 1.97. The van der Waals surface area contributed by atoms with Gasteiger partial charge >= 0.3 is 0 Å². The number of carbonyl (C=O) groups is 1. The molecule has 1 fully saturated rings. The lowest BCUT2D eigenvalue weighted by atomic mass is 9.93. The Hall–Kier alpha value is -3.35. The Labute approximate surface area is 182 Å². The number of amides is 1. The first kappa shape index (κ1) is 20.9. The highest BCUT2D eigenvalue weighted by atomic mass is 16.5. The number of carbonyl (C=O) groups excluding carboxylic acids is 1. The van der Waals surface area contributed by atoms with Gasteiger partial charge in [-0.15, -0.1) is 0 Å². The molecule has 1 amide bonds. The standard InChI is InChI=1S/C24H27N3O4/c1-29-19-13-14-20(21(15-19)30-2)24(28)27(18-11-7-4-8-12-18)16-22-25-23(26-31-22)17-9-5-3-6-10-17/h3,5-6,9-10,13-15,18H,4,7-8,11-12,16H2,1-2H3. The first-order valence-corrected chi connectivity index (χ1v) is 10.6. The SMILES string of the molecule is COc1ccc(C(=O)N(Cc2nc(-c3ccccc3)no2)C2CCCCC2)c(OC)c1. The Kier molecular flexibility index (Phi) is 6.50. The fourth-order valence-electron chi connectivity index (χ4n) is 4.06. The summed E-state index contributed by atoms with van der Waals surface area (Å²) in [5, 5.41) is 4.11. The normalized spacial score (nSPS) is 14.3. The predicted octanol–water partition coefficient (Wildman–Crippen LogP) is 4.73. The van der Waals surface area contributed by atoms with E-state index in [0.29, 0.717) is 28.8 Å². The number of aromatic nitrogens is 2. The molecule has 31 heavy (non-hydrogen) atoms. The van der Waals surface area contributed by atoms with Gasteiger partial charge in [0.15, 0.2) is 0 Å². The van der Waals surface area contributed by atoms with Gasteiger partial charge in [0, 0.05) is 17.7 Å². The lowest BCUT2D eigenvalue weighted by Crippen LogP contribution is -2.41. The van der Waals surface area contributed by atoms with Gasteiger partial charge in [-0.3, -0.25) is 4.79 Å². The van der Waals surface area contributed by atoms with Crippen molar-refractivity contribution in [2.24, 2.45) is 0 Å². The molecular formula is C24H27N3O4. The summed E-state index contributed by atoms with van der Waals surface area (Å²) >= 11 is 0. The molecule has 7 heteroatoms. The van der Waals surface area contributed by atoms with E-state index in [1.54, 1.807) is 32.4 Å². The van der Waals surface area contributed by atoms with Gasteiger partial charge in [-0.25, -0.2) is 0 Å². The number of nitrogens with zero attached hydrogens (tertiary/aromatic N) is 3. The molecule has 0 aliphatic heterocycles. The quantitative estimate of drug-likeness (QED) is 0.549. The average molecular weight is 421 g/mol. The zero-order valence-corrected chi connectivity index (χ0v) is 17.9. The van der Waals surface area contributed by atoms with Gasteiger partial charge in [0.2, 0.25) is 11.7 Å². The minimum Gasteiger partial charge on any atom is -0.497 e.